The van der Waals surface area contributed by atoms with Crippen molar-refractivity contribution >= 4 is 5.97 Å². The number of halogens is 2. The zero-order valence-electron chi connectivity index (χ0n) is 11.4. The molecule has 0 aromatic carbocycles. The third kappa shape index (κ3) is 3.59. The summed E-state index contributed by atoms with van der Waals surface area (Å²) in [6.45, 7) is 1.83. The summed E-state index contributed by atoms with van der Waals surface area (Å²) >= 11 is 0. The molecule has 0 saturated carbocycles. The molecule has 0 N–H and O–H groups in total. The van der Waals surface area contributed by atoms with Crippen molar-refractivity contribution in [2.45, 2.75) is 26.3 Å². The van der Waals surface area contributed by atoms with Crippen LogP contribution in [0, 0.1) is 0 Å². The number of esters is 1. The van der Waals surface area contributed by atoms with Crippen molar-refractivity contribution in [1.82, 2.24) is 20.0 Å². The Morgan fingerprint density at radius 1 is 1.43 bits per heavy atom. The van der Waals surface area contributed by atoms with Gasteiger partial charge in [-0.05, 0) is 19.1 Å². The normalized spacial score (nSPS) is 10.9. The van der Waals surface area contributed by atoms with Gasteiger partial charge >= 0.3 is 5.97 Å². The smallest absolute Gasteiger partial charge is 0.361 e. The number of carbonyl (C=O) groups is 1. The van der Waals surface area contributed by atoms with E-state index in [-0.39, 0.29) is 13.2 Å². The Bertz CT molecular complexity index is 601. The average Bonchev–Trinajstić information content (AvgIpc) is 2.90. The number of ether oxygens (including phenoxy) is 1. The molecule has 0 radical (unpaired) electrons. The van der Waals surface area contributed by atoms with Crippen LogP contribution < -0.4 is 0 Å². The van der Waals surface area contributed by atoms with Crippen LogP contribution >= 0.6 is 0 Å². The van der Waals surface area contributed by atoms with Gasteiger partial charge in [-0.15, -0.1) is 5.10 Å². The molecule has 0 unspecified atom stereocenters. The lowest BCUT2D eigenvalue weighted by molar-refractivity contribution is 0.0506. The van der Waals surface area contributed by atoms with E-state index < -0.39 is 23.8 Å². The Morgan fingerprint density at radius 2 is 2.24 bits per heavy atom. The van der Waals surface area contributed by atoms with Gasteiger partial charge in [-0.1, -0.05) is 11.3 Å². The molecule has 2 heterocycles. The van der Waals surface area contributed by atoms with Crippen LogP contribution in [0.4, 0.5) is 8.78 Å². The highest BCUT2D eigenvalue weighted by Crippen LogP contribution is 2.22. The summed E-state index contributed by atoms with van der Waals surface area (Å²) in [7, 11) is 0. The Hall–Kier alpha value is -2.38. The van der Waals surface area contributed by atoms with E-state index in [4.69, 9.17) is 4.74 Å². The molecule has 0 aliphatic rings. The van der Waals surface area contributed by atoms with Crippen LogP contribution in [0.2, 0.25) is 0 Å². The molecule has 0 fully saturated rings. The van der Waals surface area contributed by atoms with Crippen LogP contribution in [0.15, 0.2) is 24.4 Å². The molecule has 0 amide bonds. The number of carbonyl (C=O) groups excluding carboxylic acids is 1. The highest BCUT2D eigenvalue weighted by Gasteiger charge is 2.27. The first-order chi connectivity index (χ1) is 10.1. The number of rotatable bonds is 6. The lowest BCUT2D eigenvalue weighted by Gasteiger charge is -2.06. The predicted octanol–water partition coefficient (Wildman–Crippen LogP) is 2.03. The molecule has 8 heteroatoms. The lowest BCUT2D eigenvalue weighted by atomic mass is 10.2. The van der Waals surface area contributed by atoms with Crippen molar-refractivity contribution in [2.75, 3.05) is 6.61 Å². The molecular formula is C13H14F2N4O2. The average molecular weight is 296 g/mol. The molecule has 2 aromatic rings. The monoisotopic (exact) mass is 296 g/mol. The number of hydrogen-bond donors (Lipinski definition) is 0. The number of alkyl halides is 2. The Balaban J connectivity index is 2.18. The number of hydrogen-bond acceptors (Lipinski definition) is 5. The summed E-state index contributed by atoms with van der Waals surface area (Å²) < 4.78 is 32.0. The van der Waals surface area contributed by atoms with Crippen LogP contribution in [-0.4, -0.2) is 32.6 Å². The summed E-state index contributed by atoms with van der Waals surface area (Å²) in [5, 5.41) is 7.12. The molecular weight excluding hydrogens is 282 g/mol. The highest BCUT2D eigenvalue weighted by atomic mass is 19.3. The molecule has 2 rings (SSSR count). The van der Waals surface area contributed by atoms with Crippen LogP contribution in [0.1, 0.15) is 35.2 Å². The topological polar surface area (TPSA) is 69.9 Å². The third-order valence-corrected chi connectivity index (χ3v) is 2.75. The van der Waals surface area contributed by atoms with Crippen LogP contribution in [0.5, 0.6) is 0 Å². The maximum Gasteiger partial charge on any atom is 0.361 e. The van der Waals surface area contributed by atoms with Gasteiger partial charge in [-0.2, -0.15) is 0 Å². The number of nitrogens with zero attached hydrogens (tertiary/aromatic N) is 4. The molecule has 6 nitrogen and oxygen atoms in total. The fraction of sp³-hybridized carbons (Fsp3) is 0.385. The molecule has 0 aliphatic heterocycles. The van der Waals surface area contributed by atoms with Gasteiger partial charge in [0, 0.05) is 24.9 Å². The molecule has 0 saturated heterocycles. The van der Waals surface area contributed by atoms with E-state index in [0.29, 0.717) is 6.42 Å². The second-order valence-corrected chi connectivity index (χ2v) is 4.14. The van der Waals surface area contributed by atoms with Gasteiger partial charge in [0.1, 0.15) is 5.69 Å². The van der Waals surface area contributed by atoms with Crippen molar-refractivity contribution in [3.05, 3.63) is 41.5 Å². The van der Waals surface area contributed by atoms with Gasteiger partial charge in [-0.3, -0.25) is 4.98 Å². The molecule has 21 heavy (non-hydrogen) atoms. The number of aryl methyl sites for hydroxylation is 2. The molecule has 0 spiro atoms. The first-order valence-electron chi connectivity index (χ1n) is 6.42. The summed E-state index contributed by atoms with van der Waals surface area (Å²) in [6.07, 6.45) is -0.830. The van der Waals surface area contributed by atoms with Gasteiger partial charge in [-0.25, -0.2) is 18.3 Å². The minimum Gasteiger partial charge on any atom is -0.461 e. The fourth-order valence-electron chi connectivity index (χ4n) is 1.81. The first kappa shape index (κ1) is 15.0. The Kier molecular flexibility index (Phi) is 4.91. The van der Waals surface area contributed by atoms with Crippen molar-refractivity contribution in [3.63, 3.8) is 0 Å². The van der Waals surface area contributed by atoms with Crippen LogP contribution in [0.25, 0.3) is 0 Å². The van der Waals surface area contributed by atoms with Crippen LogP contribution in [-0.2, 0) is 17.7 Å². The van der Waals surface area contributed by atoms with Crippen molar-refractivity contribution in [1.29, 1.82) is 0 Å². The van der Waals surface area contributed by atoms with E-state index in [2.05, 4.69) is 15.3 Å². The lowest BCUT2D eigenvalue weighted by Crippen LogP contribution is -2.12. The molecule has 0 aliphatic carbocycles. The molecule has 112 valence electrons. The van der Waals surface area contributed by atoms with E-state index >= 15 is 0 Å². The predicted molar refractivity (Wildman–Crippen MR) is 68.9 cm³/mol. The third-order valence-electron chi connectivity index (χ3n) is 2.75. The van der Waals surface area contributed by atoms with E-state index in [1.54, 1.807) is 25.3 Å². The molecule has 2 aromatic heterocycles. The summed E-state index contributed by atoms with van der Waals surface area (Å²) in [4.78, 5) is 15.7. The maximum absolute atomic E-state index is 13.1. The SMILES string of the molecule is CCOC(=O)c1nnn(CCc2ccccn2)c1C(F)F. The zero-order valence-corrected chi connectivity index (χ0v) is 11.4. The summed E-state index contributed by atoms with van der Waals surface area (Å²) in [5.41, 5.74) is -0.219. The summed E-state index contributed by atoms with van der Waals surface area (Å²) in [6, 6.07) is 5.36. The fourth-order valence-corrected chi connectivity index (χ4v) is 1.81. The minimum absolute atomic E-state index is 0.0856. The maximum atomic E-state index is 13.1. The zero-order chi connectivity index (χ0) is 15.2. The van der Waals surface area contributed by atoms with Gasteiger partial charge in [0.05, 0.1) is 6.61 Å². The Labute approximate surface area is 119 Å². The quantitative estimate of drug-likeness (QED) is 0.763. The standard InChI is InChI=1S/C13H14F2N4O2/c1-2-21-13(20)10-11(12(14)15)19(18-17-10)8-6-9-5-3-4-7-16-9/h3-5,7,12H,2,6,8H2,1H3. The first-order valence-corrected chi connectivity index (χ1v) is 6.42. The van der Waals surface area contributed by atoms with E-state index in [9.17, 15) is 13.6 Å². The van der Waals surface area contributed by atoms with E-state index in [1.165, 1.54) is 0 Å². The highest BCUT2D eigenvalue weighted by molar-refractivity contribution is 5.88. The molecule has 0 atom stereocenters. The van der Waals surface area contributed by atoms with Gasteiger partial charge in [0.2, 0.25) is 0 Å². The van der Waals surface area contributed by atoms with Crippen molar-refractivity contribution < 1.29 is 18.3 Å². The Morgan fingerprint density at radius 3 is 2.86 bits per heavy atom. The second kappa shape index (κ2) is 6.87. The van der Waals surface area contributed by atoms with E-state index in [0.717, 1.165) is 10.4 Å². The molecule has 0 bridgehead atoms. The van der Waals surface area contributed by atoms with Gasteiger partial charge in [0.25, 0.3) is 6.43 Å². The summed E-state index contributed by atoms with van der Waals surface area (Å²) in [5.74, 6) is -0.892. The number of pyridine rings is 1. The minimum atomic E-state index is -2.86. The van der Waals surface area contributed by atoms with Crippen molar-refractivity contribution in [3.8, 4) is 0 Å². The van der Waals surface area contributed by atoms with Crippen molar-refractivity contribution in [2.24, 2.45) is 0 Å². The van der Waals surface area contributed by atoms with E-state index in [1.807, 2.05) is 6.07 Å². The van der Waals surface area contributed by atoms with Gasteiger partial charge in [0.15, 0.2) is 5.69 Å². The van der Waals surface area contributed by atoms with Crippen LogP contribution in [0.3, 0.4) is 0 Å². The number of aromatic nitrogens is 4. The second-order valence-electron chi connectivity index (χ2n) is 4.14. The largest absolute Gasteiger partial charge is 0.461 e. The van der Waals surface area contributed by atoms with Gasteiger partial charge < -0.3 is 4.74 Å².